The minimum atomic E-state index is -0.211. The number of furan rings is 1. The lowest BCUT2D eigenvalue weighted by atomic mass is 9.87. The van der Waals surface area contributed by atoms with Crippen molar-refractivity contribution in [2.24, 2.45) is 0 Å². The SMILES string of the molecule is CCNC(=O)c1ccc(COc2ccc3c(c2)[C@H](c2ccccc2)N(Cc2ccccc2)CC3)o1. The van der Waals surface area contributed by atoms with Crippen LogP contribution in [0.1, 0.15) is 51.5 Å². The lowest BCUT2D eigenvalue weighted by molar-refractivity contribution is 0.0924. The van der Waals surface area contributed by atoms with Crippen LogP contribution in [0.2, 0.25) is 0 Å². The molecule has 5 heteroatoms. The topological polar surface area (TPSA) is 54.7 Å². The Bertz CT molecular complexity index is 1270. The average molecular weight is 467 g/mol. The second-order valence-corrected chi connectivity index (χ2v) is 8.79. The first-order chi connectivity index (χ1) is 17.2. The molecule has 0 unspecified atom stereocenters. The molecule has 2 heterocycles. The van der Waals surface area contributed by atoms with Gasteiger partial charge in [0.1, 0.15) is 18.1 Å². The van der Waals surface area contributed by atoms with E-state index in [0.717, 1.165) is 25.3 Å². The highest BCUT2D eigenvalue weighted by Crippen LogP contribution is 2.38. The van der Waals surface area contributed by atoms with Crippen LogP contribution in [0.15, 0.2) is 95.4 Å². The number of ether oxygens (including phenoxy) is 1. The molecule has 1 atom stereocenters. The number of carbonyl (C=O) groups is 1. The number of fused-ring (bicyclic) bond motifs is 1. The highest BCUT2D eigenvalue weighted by molar-refractivity contribution is 5.91. The minimum Gasteiger partial charge on any atom is -0.486 e. The summed E-state index contributed by atoms with van der Waals surface area (Å²) in [7, 11) is 0. The summed E-state index contributed by atoms with van der Waals surface area (Å²) < 4.78 is 11.8. The monoisotopic (exact) mass is 466 g/mol. The van der Waals surface area contributed by atoms with Gasteiger partial charge in [-0.3, -0.25) is 9.69 Å². The van der Waals surface area contributed by atoms with Crippen LogP contribution in [0.4, 0.5) is 0 Å². The maximum absolute atomic E-state index is 12.0. The fourth-order valence-electron chi connectivity index (χ4n) is 4.73. The molecule has 1 aliphatic heterocycles. The lowest BCUT2D eigenvalue weighted by Crippen LogP contribution is -2.35. The van der Waals surface area contributed by atoms with E-state index in [2.05, 4.69) is 83.0 Å². The molecule has 0 bridgehead atoms. The Balaban J connectivity index is 1.39. The molecule has 178 valence electrons. The molecule has 0 fully saturated rings. The third-order valence-electron chi connectivity index (χ3n) is 6.39. The summed E-state index contributed by atoms with van der Waals surface area (Å²) in [6.45, 7) is 4.59. The van der Waals surface area contributed by atoms with Crippen LogP contribution >= 0.6 is 0 Å². The Morgan fingerprint density at radius 1 is 1.00 bits per heavy atom. The molecule has 0 saturated carbocycles. The minimum absolute atomic E-state index is 0.150. The predicted octanol–water partition coefficient (Wildman–Crippen LogP) is 5.76. The van der Waals surface area contributed by atoms with Gasteiger partial charge in [0, 0.05) is 19.6 Å². The van der Waals surface area contributed by atoms with Gasteiger partial charge in [0.2, 0.25) is 0 Å². The molecule has 0 spiro atoms. The first-order valence-electron chi connectivity index (χ1n) is 12.2. The van der Waals surface area contributed by atoms with E-state index in [-0.39, 0.29) is 18.6 Å². The summed E-state index contributed by atoms with van der Waals surface area (Å²) in [5, 5.41) is 2.75. The van der Waals surface area contributed by atoms with Crippen molar-refractivity contribution in [3.05, 3.63) is 125 Å². The Kier molecular flexibility index (Phi) is 6.96. The van der Waals surface area contributed by atoms with E-state index in [4.69, 9.17) is 9.15 Å². The van der Waals surface area contributed by atoms with Crippen molar-refractivity contribution in [1.82, 2.24) is 10.2 Å². The third kappa shape index (κ3) is 5.31. The Hall–Kier alpha value is -3.83. The number of carbonyl (C=O) groups excluding carboxylic acids is 1. The Morgan fingerprint density at radius 3 is 2.54 bits per heavy atom. The molecule has 0 saturated heterocycles. The fourth-order valence-corrected chi connectivity index (χ4v) is 4.73. The normalized spacial score (nSPS) is 15.4. The molecule has 35 heavy (non-hydrogen) atoms. The Labute approximate surface area is 206 Å². The zero-order valence-electron chi connectivity index (χ0n) is 19.9. The predicted molar refractivity (Wildman–Crippen MR) is 136 cm³/mol. The van der Waals surface area contributed by atoms with Gasteiger partial charge in [-0.2, -0.15) is 0 Å². The second kappa shape index (κ2) is 10.6. The van der Waals surface area contributed by atoms with Crippen molar-refractivity contribution in [3.63, 3.8) is 0 Å². The van der Waals surface area contributed by atoms with E-state index in [9.17, 15) is 4.79 Å². The van der Waals surface area contributed by atoms with Gasteiger partial charge in [0.25, 0.3) is 5.91 Å². The number of amides is 1. The second-order valence-electron chi connectivity index (χ2n) is 8.79. The summed E-state index contributed by atoms with van der Waals surface area (Å²) in [5.74, 6) is 1.50. The van der Waals surface area contributed by atoms with Crippen molar-refractivity contribution in [1.29, 1.82) is 0 Å². The van der Waals surface area contributed by atoms with Gasteiger partial charge in [-0.1, -0.05) is 66.7 Å². The van der Waals surface area contributed by atoms with Crippen LogP contribution in [0.25, 0.3) is 0 Å². The molecular formula is C30H30N2O3. The standard InChI is InChI=1S/C30H30N2O3/c1-2-31-30(33)28-16-15-26(35-28)21-34-25-14-13-23-17-18-32(20-22-9-5-3-6-10-22)29(27(23)19-25)24-11-7-4-8-12-24/h3-16,19,29H,2,17-18,20-21H2,1H3,(H,31,33)/t29-/m0/s1. The van der Waals surface area contributed by atoms with Crippen molar-refractivity contribution in [2.45, 2.75) is 32.5 Å². The maximum Gasteiger partial charge on any atom is 0.286 e. The molecule has 1 aliphatic rings. The molecule has 3 aromatic carbocycles. The zero-order chi connectivity index (χ0) is 24.0. The van der Waals surface area contributed by atoms with Crippen LogP contribution < -0.4 is 10.1 Å². The Morgan fingerprint density at radius 2 is 1.77 bits per heavy atom. The quantitative estimate of drug-likeness (QED) is 0.359. The van der Waals surface area contributed by atoms with Gasteiger partial charge in [0.15, 0.2) is 5.76 Å². The summed E-state index contributed by atoms with van der Waals surface area (Å²) in [5.41, 5.74) is 5.22. The molecular weight excluding hydrogens is 436 g/mol. The van der Waals surface area contributed by atoms with Crippen molar-refractivity contribution >= 4 is 5.91 Å². The van der Waals surface area contributed by atoms with Gasteiger partial charge in [-0.05, 0) is 59.9 Å². The van der Waals surface area contributed by atoms with E-state index >= 15 is 0 Å². The smallest absolute Gasteiger partial charge is 0.286 e. The first kappa shape index (κ1) is 22.9. The van der Waals surface area contributed by atoms with Gasteiger partial charge >= 0.3 is 0 Å². The summed E-state index contributed by atoms with van der Waals surface area (Å²) in [6.07, 6.45) is 1.000. The molecule has 0 aliphatic carbocycles. The van der Waals surface area contributed by atoms with E-state index < -0.39 is 0 Å². The number of nitrogens with zero attached hydrogens (tertiary/aromatic N) is 1. The largest absolute Gasteiger partial charge is 0.486 e. The highest BCUT2D eigenvalue weighted by Gasteiger charge is 2.29. The van der Waals surface area contributed by atoms with Crippen molar-refractivity contribution in [3.8, 4) is 5.75 Å². The van der Waals surface area contributed by atoms with Crippen LogP contribution in [0.3, 0.4) is 0 Å². The highest BCUT2D eigenvalue weighted by atomic mass is 16.5. The number of nitrogens with one attached hydrogen (secondary N) is 1. The molecule has 4 aromatic rings. The van der Waals surface area contributed by atoms with Crippen LogP contribution in [0.5, 0.6) is 5.75 Å². The summed E-state index contributed by atoms with van der Waals surface area (Å²) in [6, 6.07) is 31.3. The maximum atomic E-state index is 12.0. The van der Waals surface area contributed by atoms with E-state index in [1.54, 1.807) is 12.1 Å². The first-order valence-corrected chi connectivity index (χ1v) is 12.2. The lowest BCUT2D eigenvalue weighted by Gasteiger charge is -2.38. The summed E-state index contributed by atoms with van der Waals surface area (Å²) >= 11 is 0. The zero-order valence-corrected chi connectivity index (χ0v) is 19.9. The van der Waals surface area contributed by atoms with Gasteiger partial charge < -0.3 is 14.5 Å². The molecule has 1 N–H and O–H groups in total. The van der Waals surface area contributed by atoms with Crippen LogP contribution in [-0.2, 0) is 19.6 Å². The molecule has 5 rings (SSSR count). The average Bonchev–Trinajstić information content (AvgIpc) is 3.38. The van der Waals surface area contributed by atoms with Gasteiger partial charge in [-0.15, -0.1) is 0 Å². The van der Waals surface area contributed by atoms with Crippen LogP contribution in [-0.4, -0.2) is 23.9 Å². The number of hydrogen-bond acceptors (Lipinski definition) is 4. The van der Waals surface area contributed by atoms with Crippen molar-refractivity contribution in [2.75, 3.05) is 13.1 Å². The molecule has 1 amide bonds. The summed E-state index contributed by atoms with van der Waals surface area (Å²) in [4.78, 5) is 14.5. The molecule has 5 nitrogen and oxygen atoms in total. The number of rotatable bonds is 8. The van der Waals surface area contributed by atoms with E-state index in [1.807, 2.05) is 13.0 Å². The number of benzene rings is 3. The van der Waals surface area contributed by atoms with Gasteiger partial charge in [-0.25, -0.2) is 0 Å². The fraction of sp³-hybridized carbons (Fsp3) is 0.233. The third-order valence-corrected chi connectivity index (χ3v) is 6.39. The molecule has 1 aromatic heterocycles. The van der Waals surface area contributed by atoms with E-state index in [0.29, 0.717) is 18.1 Å². The van der Waals surface area contributed by atoms with E-state index in [1.165, 1.54) is 22.3 Å². The molecule has 0 radical (unpaired) electrons. The number of hydrogen-bond donors (Lipinski definition) is 1. The van der Waals surface area contributed by atoms with Crippen LogP contribution in [0, 0.1) is 0 Å². The van der Waals surface area contributed by atoms with Gasteiger partial charge in [0.05, 0.1) is 6.04 Å². The van der Waals surface area contributed by atoms with Crippen molar-refractivity contribution < 1.29 is 13.9 Å².